The molecule has 1 aromatic heterocycles. The van der Waals surface area contributed by atoms with E-state index in [1.54, 1.807) is 0 Å². The van der Waals surface area contributed by atoms with Crippen LogP contribution in [0.25, 0.3) is 0 Å². The standard InChI is InChI=1S/C15H18BrNO/c1-3-17-14(15-9-8-11(2)18-15)10-12-6-4-5-7-13(12)16/h4-9,14,17H,3,10H2,1-2H3. The van der Waals surface area contributed by atoms with Gasteiger partial charge in [-0.15, -0.1) is 0 Å². The number of likely N-dealkylation sites (N-methyl/N-ethyl adjacent to an activating group) is 1. The van der Waals surface area contributed by atoms with Gasteiger partial charge in [-0.1, -0.05) is 41.1 Å². The Kier molecular flexibility index (Phi) is 4.61. The number of halogens is 1. The number of furan rings is 1. The summed E-state index contributed by atoms with van der Waals surface area (Å²) < 4.78 is 6.88. The minimum absolute atomic E-state index is 0.224. The van der Waals surface area contributed by atoms with Gasteiger partial charge in [0.15, 0.2) is 0 Å². The zero-order valence-electron chi connectivity index (χ0n) is 10.7. The third-order valence-corrected chi connectivity index (χ3v) is 3.71. The van der Waals surface area contributed by atoms with Crippen LogP contribution in [0.3, 0.4) is 0 Å². The molecule has 2 aromatic rings. The summed E-state index contributed by atoms with van der Waals surface area (Å²) in [5.74, 6) is 1.96. The first-order valence-electron chi connectivity index (χ1n) is 6.24. The summed E-state index contributed by atoms with van der Waals surface area (Å²) in [5, 5.41) is 3.47. The fourth-order valence-corrected chi connectivity index (χ4v) is 2.49. The third kappa shape index (κ3) is 3.24. The molecule has 18 heavy (non-hydrogen) atoms. The van der Waals surface area contributed by atoms with Crippen LogP contribution in [0.5, 0.6) is 0 Å². The lowest BCUT2D eigenvalue weighted by molar-refractivity contribution is 0.403. The molecular weight excluding hydrogens is 290 g/mol. The molecule has 2 nitrogen and oxygen atoms in total. The van der Waals surface area contributed by atoms with E-state index in [0.29, 0.717) is 0 Å². The van der Waals surface area contributed by atoms with Crippen molar-refractivity contribution in [1.29, 1.82) is 0 Å². The van der Waals surface area contributed by atoms with E-state index < -0.39 is 0 Å². The van der Waals surface area contributed by atoms with Gasteiger partial charge in [0.1, 0.15) is 11.5 Å². The molecule has 2 rings (SSSR count). The highest BCUT2D eigenvalue weighted by Gasteiger charge is 2.15. The normalized spacial score (nSPS) is 12.6. The Bertz CT molecular complexity index is 507. The second-order valence-electron chi connectivity index (χ2n) is 4.35. The van der Waals surface area contributed by atoms with Crippen LogP contribution in [0, 0.1) is 6.92 Å². The van der Waals surface area contributed by atoms with Crippen molar-refractivity contribution >= 4 is 15.9 Å². The van der Waals surface area contributed by atoms with Crippen molar-refractivity contribution in [3.63, 3.8) is 0 Å². The van der Waals surface area contributed by atoms with Gasteiger partial charge in [-0.05, 0) is 43.7 Å². The summed E-state index contributed by atoms with van der Waals surface area (Å²) in [5.41, 5.74) is 1.29. The van der Waals surface area contributed by atoms with Gasteiger partial charge in [-0.25, -0.2) is 0 Å². The Hall–Kier alpha value is -1.06. The van der Waals surface area contributed by atoms with Crippen molar-refractivity contribution in [3.8, 4) is 0 Å². The zero-order chi connectivity index (χ0) is 13.0. The summed E-state index contributed by atoms with van der Waals surface area (Å²) >= 11 is 3.60. The minimum atomic E-state index is 0.224. The molecule has 0 aliphatic rings. The lowest BCUT2D eigenvalue weighted by atomic mass is 10.0. The summed E-state index contributed by atoms with van der Waals surface area (Å²) in [4.78, 5) is 0. The van der Waals surface area contributed by atoms with Crippen LogP contribution >= 0.6 is 15.9 Å². The maximum atomic E-state index is 5.73. The van der Waals surface area contributed by atoms with E-state index in [1.165, 1.54) is 5.56 Å². The van der Waals surface area contributed by atoms with Gasteiger partial charge < -0.3 is 9.73 Å². The smallest absolute Gasteiger partial charge is 0.121 e. The Labute approximate surface area is 117 Å². The Morgan fingerprint density at radius 3 is 2.61 bits per heavy atom. The number of hydrogen-bond donors (Lipinski definition) is 1. The van der Waals surface area contributed by atoms with E-state index in [2.05, 4.69) is 52.4 Å². The quantitative estimate of drug-likeness (QED) is 0.893. The average Bonchev–Trinajstić information content (AvgIpc) is 2.78. The number of aryl methyl sites for hydroxylation is 1. The van der Waals surface area contributed by atoms with Crippen molar-refractivity contribution < 1.29 is 4.42 Å². The topological polar surface area (TPSA) is 25.2 Å². The predicted molar refractivity (Wildman–Crippen MR) is 77.7 cm³/mol. The SMILES string of the molecule is CCNC(Cc1ccccc1Br)c1ccc(C)o1. The highest BCUT2D eigenvalue weighted by Crippen LogP contribution is 2.24. The van der Waals surface area contributed by atoms with Crippen molar-refractivity contribution in [2.75, 3.05) is 6.54 Å². The monoisotopic (exact) mass is 307 g/mol. The number of benzene rings is 1. The second-order valence-corrected chi connectivity index (χ2v) is 5.21. The van der Waals surface area contributed by atoms with Crippen LogP contribution in [-0.4, -0.2) is 6.54 Å². The molecule has 1 unspecified atom stereocenters. The van der Waals surface area contributed by atoms with E-state index in [-0.39, 0.29) is 6.04 Å². The summed E-state index contributed by atoms with van der Waals surface area (Å²) in [7, 11) is 0. The molecule has 0 fully saturated rings. The first-order chi connectivity index (χ1) is 8.70. The minimum Gasteiger partial charge on any atom is -0.465 e. The average molecular weight is 308 g/mol. The molecular formula is C15H18BrNO. The molecule has 0 spiro atoms. The summed E-state index contributed by atoms with van der Waals surface area (Å²) in [6.07, 6.45) is 0.919. The number of rotatable bonds is 5. The third-order valence-electron chi connectivity index (χ3n) is 2.94. The maximum Gasteiger partial charge on any atom is 0.121 e. The highest BCUT2D eigenvalue weighted by molar-refractivity contribution is 9.10. The summed E-state index contributed by atoms with van der Waals surface area (Å²) in [6.45, 7) is 5.02. The van der Waals surface area contributed by atoms with Gasteiger partial charge in [0, 0.05) is 4.47 Å². The molecule has 0 saturated heterocycles. The van der Waals surface area contributed by atoms with E-state index in [9.17, 15) is 0 Å². The van der Waals surface area contributed by atoms with Gasteiger partial charge >= 0.3 is 0 Å². The Balaban J connectivity index is 2.19. The van der Waals surface area contributed by atoms with E-state index in [0.717, 1.165) is 29.0 Å². The van der Waals surface area contributed by atoms with Crippen molar-refractivity contribution in [3.05, 3.63) is 58.0 Å². The molecule has 0 aliphatic heterocycles. The molecule has 0 saturated carbocycles. The molecule has 0 radical (unpaired) electrons. The number of nitrogens with one attached hydrogen (secondary N) is 1. The molecule has 96 valence electrons. The predicted octanol–water partition coefficient (Wildman–Crippen LogP) is 4.24. The van der Waals surface area contributed by atoms with Gasteiger partial charge in [-0.3, -0.25) is 0 Å². The fraction of sp³-hybridized carbons (Fsp3) is 0.333. The van der Waals surface area contributed by atoms with E-state index in [4.69, 9.17) is 4.42 Å². The van der Waals surface area contributed by atoms with Crippen LogP contribution in [0.15, 0.2) is 45.3 Å². The summed E-state index contributed by atoms with van der Waals surface area (Å²) in [6, 6.07) is 12.6. The molecule has 0 bridgehead atoms. The number of hydrogen-bond acceptors (Lipinski definition) is 2. The van der Waals surface area contributed by atoms with Gasteiger partial charge in [0.05, 0.1) is 6.04 Å². The van der Waals surface area contributed by atoms with Crippen LogP contribution in [-0.2, 0) is 6.42 Å². The van der Waals surface area contributed by atoms with Crippen LogP contribution in [0.4, 0.5) is 0 Å². The van der Waals surface area contributed by atoms with Gasteiger partial charge in [0.25, 0.3) is 0 Å². The largest absolute Gasteiger partial charge is 0.465 e. The van der Waals surface area contributed by atoms with E-state index >= 15 is 0 Å². The Morgan fingerprint density at radius 2 is 2.00 bits per heavy atom. The molecule has 1 N–H and O–H groups in total. The lowest BCUT2D eigenvalue weighted by Gasteiger charge is -2.16. The van der Waals surface area contributed by atoms with E-state index in [1.807, 2.05) is 19.1 Å². The second kappa shape index (κ2) is 6.21. The molecule has 3 heteroatoms. The van der Waals surface area contributed by atoms with Crippen molar-refractivity contribution in [1.82, 2.24) is 5.32 Å². The highest BCUT2D eigenvalue weighted by atomic mass is 79.9. The molecule has 1 heterocycles. The van der Waals surface area contributed by atoms with Crippen LogP contribution in [0.1, 0.15) is 30.0 Å². The van der Waals surface area contributed by atoms with Crippen molar-refractivity contribution in [2.24, 2.45) is 0 Å². The molecule has 1 aromatic carbocycles. The molecule has 0 amide bonds. The fourth-order valence-electron chi connectivity index (χ4n) is 2.04. The lowest BCUT2D eigenvalue weighted by Crippen LogP contribution is -2.22. The Morgan fingerprint density at radius 1 is 1.22 bits per heavy atom. The molecule has 0 aliphatic carbocycles. The first kappa shape index (κ1) is 13.4. The van der Waals surface area contributed by atoms with Crippen LogP contribution in [0.2, 0.25) is 0 Å². The molecule has 1 atom stereocenters. The first-order valence-corrected chi connectivity index (χ1v) is 7.03. The maximum absolute atomic E-state index is 5.73. The van der Waals surface area contributed by atoms with Crippen LogP contribution < -0.4 is 5.32 Å². The van der Waals surface area contributed by atoms with Crippen molar-refractivity contribution in [2.45, 2.75) is 26.3 Å². The van der Waals surface area contributed by atoms with Gasteiger partial charge in [0.2, 0.25) is 0 Å². The van der Waals surface area contributed by atoms with Gasteiger partial charge in [-0.2, -0.15) is 0 Å². The zero-order valence-corrected chi connectivity index (χ0v) is 12.3.